The van der Waals surface area contributed by atoms with E-state index in [9.17, 15) is 0 Å². The standard InChI is InChI=1S/C20H21N2/c1-13-7-5-8-14(2)19(13)17-11-12-18(22(17)21)20-15(3)9-6-10-16(20)4/h5-12,21H,1-4H3/q-1. The van der Waals surface area contributed by atoms with E-state index >= 15 is 0 Å². The average molecular weight is 289 g/mol. The molecular weight excluding hydrogens is 268 g/mol. The van der Waals surface area contributed by atoms with E-state index in [1.807, 2.05) is 0 Å². The fraction of sp³-hybridized carbons (Fsp3) is 0.200. The fourth-order valence-corrected chi connectivity index (χ4v) is 3.26. The van der Waals surface area contributed by atoms with Crippen LogP contribution in [0.1, 0.15) is 22.3 Å². The lowest BCUT2D eigenvalue weighted by Gasteiger charge is -2.21. The Labute approximate surface area is 132 Å². The van der Waals surface area contributed by atoms with Gasteiger partial charge in [-0.15, -0.1) is 0 Å². The van der Waals surface area contributed by atoms with Gasteiger partial charge < -0.3 is 10.5 Å². The number of hydrogen-bond donors (Lipinski definition) is 0. The first-order chi connectivity index (χ1) is 10.5. The Bertz CT molecular complexity index is 731. The maximum atomic E-state index is 8.60. The minimum absolute atomic E-state index is 0.952. The molecule has 0 radical (unpaired) electrons. The molecule has 1 heterocycles. The third-order valence-electron chi connectivity index (χ3n) is 4.36. The molecule has 0 spiro atoms. The van der Waals surface area contributed by atoms with Crippen molar-refractivity contribution in [3.63, 3.8) is 0 Å². The summed E-state index contributed by atoms with van der Waals surface area (Å²) < 4.78 is 1.57. The second kappa shape index (κ2) is 5.38. The predicted octanol–water partition coefficient (Wildman–Crippen LogP) is 5.87. The third-order valence-corrected chi connectivity index (χ3v) is 4.36. The Morgan fingerprint density at radius 2 is 0.909 bits per heavy atom. The van der Waals surface area contributed by atoms with Crippen LogP contribution in [-0.4, -0.2) is 4.68 Å². The number of aryl methyl sites for hydroxylation is 4. The predicted molar refractivity (Wildman–Crippen MR) is 94.0 cm³/mol. The van der Waals surface area contributed by atoms with Gasteiger partial charge in [0.25, 0.3) is 0 Å². The second-order valence-electron chi connectivity index (χ2n) is 5.97. The molecule has 0 atom stereocenters. The van der Waals surface area contributed by atoms with Gasteiger partial charge in [-0.2, -0.15) is 0 Å². The van der Waals surface area contributed by atoms with Crippen LogP contribution in [0.25, 0.3) is 28.4 Å². The summed E-state index contributed by atoms with van der Waals surface area (Å²) in [6.45, 7) is 8.42. The van der Waals surface area contributed by atoms with Gasteiger partial charge in [-0.25, -0.2) is 0 Å². The van der Waals surface area contributed by atoms with Crippen LogP contribution in [0.2, 0.25) is 0 Å². The minimum atomic E-state index is 0.952. The fourth-order valence-electron chi connectivity index (χ4n) is 3.26. The highest BCUT2D eigenvalue weighted by atomic mass is 15.3. The smallest absolute Gasteiger partial charge is 0.0352 e. The summed E-state index contributed by atoms with van der Waals surface area (Å²) in [6, 6.07) is 16.7. The molecular formula is C20H21N2-. The molecule has 0 aliphatic rings. The maximum Gasteiger partial charge on any atom is 0.0352 e. The summed E-state index contributed by atoms with van der Waals surface area (Å²) in [7, 11) is 0. The van der Waals surface area contributed by atoms with E-state index in [1.165, 1.54) is 22.3 Å². The second-order valence-corrected chi connectivity index (χ2v) is 5.97. The van der Waals surface area contributed by atoms with E-state index in [4.69, 9.17) is 5.84 Å². The van der Waals surface area contributed by atoms with Crippen molar-refractivity contribution < 1.29 is 0 Å². The van der Waals surface area contributed by atoms with Gasteiger partial charge in [0, 0.05) is 22.5 Å². The Morgan fingerprint density at radius 1 is 0.591 bits per heavy atom. The van der Waals surface area contributed by atoms with Crippen molar-refractivity contribution in [2.24, 2.45) is 0 Å². The van der Waals surface area contributed by atoms with Crippen molar-refractivity contribution in [2.75, 3.05) is 0 Å². The molecule has 22 heavy (non-hydrogen) atoms. The zero-order valence-corrected chi connectivity index (χ0v) is 13.6. The van der Waals surface area contributed by atoms with Gasteiger partial charge in [0.15, 0.2) is 0 Å². The van der Waals surface area contributed by atoms with Crippen LogP contribution in [0.5, 0.6) is 0 Å². The number of nitrogens with one attached hydrogen (secondary N) is 1. The maximum absolute atomic E-state index is 8.60. The molecule has 0 unspecified atom stereocenters. The molecule has 2 nitrogen and oxygen atoms in total. The van der Waals surface area contributed by atoms with Crippen LogP contribution in [0, 0.1) is 27.7 Å². The Hall–Kier alpha value is -2.48. The van der Waals surface area contributed by atoms with E-state index in [1.54, 1.807) is 4.68 Å². The largest absolute Gasteiger partial charge is 0.631 e. The Morgan fingerprint density at radius 3 is 1.23 bits per heavy atom. The summed E-state index contributed by atoms with van der Waals surface area (Å²) in [4.78, 5) is 0. The summed E-state index contributed by atoms with van der Waals surface area (Å²) >= 11 is 0. The van der Waals surface area contributed by atoms with Gasteiger partial charge in [0.1, 0.15) is 0 Å². The van der Waals surface area contributed by atoms with Crippen LogP contribution in [0.3, 0.4) is 0 Å². The lowest BCUT2D eigenvalue weighted by Crippen LogP contribution is -1.97. The summed E-state index contributed by atoms with van der Waals surface area (Å²) in [5, 5.41) is 0. The zero-order chi connectivity index (χ0) is 15.9. The van der Waals surface area contributed by atoms with Crippen LogP contribution in [0.4, 0.5) is 0 Å². The monoisotopic (exact) mass is 289 g/mol. The summed E-state index contributed by atoms with van der Waals surface area (Å²) in [5.41, 5.74) is 9.06. The van der Waals surface area contributed by atoms with Crippen molar-refractivity contribution >= 4 is 0 Å². The van der Waals surface area contributed by atoms with Crippen molar-refractivity contribution in [3.8, 4) is 22.5 Å². The molecule has 2 aromatic carbocycles. The molecule has 3 aromatic rings. The number of aromatic nitrogens is 1. The Kier molecular flexibility index (Phi) is 3.53. The molecule has 0 bridgehead atoms. The van der Waals surface area contributed by atoms with Gasteiger partial charge >= 0.3 is 0 Å². The highest BCUT2D eigenvalue weighted by Crippen LogP contribution is 2.34. The van der Waals surface area contributed by atoms with Crippen LogP contribution in [-0.2, 0) is 0 Å². The molecule has 0 aliphatic carbocycles. The number of nitrogens with zero attached hydrogens (tertiary/aromatic N) is 1. The van der Waals surface area contributed by atoms with E-state index < -0.39 is 0 Å². The molecule has 3 rings (SSSR count). The SMILES string of the molecule is Cc1cccc(C)c1-c1ccc(-c2c(C)cccc2C)n1[NH-]. The quantitative estimate of drug-likeness (QED) is 0.564. The lowest BCUT2D eigenvalue weighted by molar-refractivity contribution is 1.10. The lowest BCUT2D eigenvalue weighted by atomic mass is 10.0. The zero-order valence-electron chi connectivity index (χ0n) is 13.6. The van der Waals surface area contributed by atoms with Crippen LogP contribution >= 0.6 is 0 Å². The van der Waals surface area contributed by atoms with Crippen LogP contribution in [0.15, 0.2) is 48.5 Å². The van der Waals surface area contributed by atoms with Gasteiger partial charge in [-0.05, 0) is 62.1 Å². The number of benzene rings is 2. The molecule has 0 saturated heterocycles. The molecule has 0 amide bonds. The van der Waals surface area contributed by atoms with Crippen LogP contribution < -0.4 is 0 Å². The summed E-state index contributed by atoms with van der Waals surface area (Å²) in [5.74, 6) is 8.60. The molecule has 0 fully saturated rings. The first kappa shape index (κ1) is 14.5. The van der Waals surface area contributed by atoms with Crippen molar-refractivity contribution in [2.45, 2.75) is 27.7 Å². The van der Waals surface area contributed by atoms with E-state index in [0.29, 0.717) is 0 Å². The van der Waals surface area contributed by atoms with E-state index in [0.717, 1.165) is 22.5 Å². The van der Waals surface area contributed by atoms with Crippen molar-refractivity contribution in [1.82, 2.24) is 4.68 Å². The van der Waals surface area contributed by atoms with Gasteiger partial charge in [-0.3, -0.25) is 0 Å². The van der Waals surface area contributed by atoms with Crippen molar-refractivity contribution in [3.05, 3.63) is 76.6 Å². The molecule has 1 aromatic heterocycles. The topological polar surface area (TPSA) is 28.7 Å². The first-order valence-corrected chi connectivity index (χ1v) is 7.57. The van der Waals surface area contributed by atoms with Gasteiger partial charge in [-0.1, -0.05) is 36.4 Å². The molecule has 0 saturated carbocycles. The van der Waals surface area contributed by atoms with Crippen molar-refractivity contribution in [1.29, 1.82) is 0 Å². The molecule has 112 valence electrons. The third kappa shape index (κ3) is 2.21. The highest BCUT2D eigenvalue weighted by molar-refractivity contribution is 5.76. The Balaban J connectivity index is 2.23. The van der Waals surface area contributed by atoms with Gasteiger partial charge in [0.2, 0.25) is 0 Å². The van der Waals surface area contributed by atoms with E-state index in [2.05, 4.69) is 76.2 Å². The molecule has 0 aliphatic heterocycles. The highest BCUT2D eigenvalue weighted by Gasteiger charge is 2.12. The number of hydrogen-bond acceptors (Lipinski definition) is 0. The van der Waals surface area contributed by atoms with Gasteiger partial charge in [0.05, 0.1) is 0 Å². The number of rotatable bonds is 2. The summed E-state index contributed by atoms with van der Waals surface area (Å²) in [6.07, 6.45) is 0. The first-order valence-electron chi connectivity index (χ1n) is 7.57. The molecule has 1 N–H and O–H groups in total. The molecule has 2 heteroatoms. The average Bonchev–Trinajstić information content (AvgIpc) is 2.81. The normalized spacial score (nSPS) is 10.9. The minimum Gasteiger partial charge on any atom is -0.631 e. The van der Waals surface area contributed by atoms with E-state index in [-0.39, 0.29) is 0 Å².